The van der Waals surface area contributed by atoms with E-state index in [0.29, 0.717) is 12.1 Å². The van der Waals surface area contributed by atoms with E-state index in [9.17, 15) is 4.79 Å². The highest BCUT2D eigenvalue weighted by molar-refractivity contribution is 5.94. The molecule has 0 radical (unpaired) electrons. The highest BCUT2D eigenvalue weighted by atomic mass is 16.5. The first-order valence-corrected chi connectivity index (χ1v) is 9.83. The van der Waals surface area contributed by atoms with Gasteiger partial charge in [0, 0.05) is 48.7 Å². The van der Waals surface area contributed by atoms with Crippen molar-refractivity contribution < 1.29 is 9.53 Å². The van der Waals surface area contributed by atoms with Crippen molar-refractivity contribution in [3.63, 3.8) is 0 Å². The van der Waals surface area contributed by atoms with Crippen molar-refractivity contribution in [3.05, 3.63) is 72.1 Å². The molecule has 2 aromatic heterocycles. The third kappa shape index (κ3) is 4.11. The van der Waals surface area contributed by atoms with E-state index >= 15 is 0 Å². The summed E-state index contributed by atoms with van der Waals surface area (Å²) < 4.78 is 5.19. The van der Waals surface area contributed by atoms with Crippen LogP contribution >= 0.6 is 0 Å². The number of ether oxygens (including phenoxy) is 1. The van der Waals surface area contributed by atoms with Gasteiger partial charge in [-0.15, -0.1) is 0 Å². The lowest BCUT2D eigenvalue weighted by molar-refractivity contribution is 0.0706. The van der Waals surface area contributed by atoms with Gasteiger partial charge >= 0.3 is 0 Å². The number of amides is 1. The Bertz CT molecular complexity index is 990. The van der Waals surface area contributed by atoms with Gasteiger partial charge in [-0.2, -0.15) is 0 Å². The maximum Gasteiger partial charge on any atom is 0.253 e. The first kappa shape index (κ1) is 19.1. The maximum absolute atomic E-state index is 13.0. The monoisotopic (exact) mass is 388 g/mol. The van der Waals surface area contributed by atoms with Gasteiger partial charge in [-0.3, -0.25) is 9.78 Å². The lowest BCUT2D eigenvalue weighted by atomic mass is 9.89. The second-order valence-electron chi connectivity index (χ2n) is 7.27. The number of rotatable bonds is 4. The largest absolute Gasteiger partial charge is 0.497 e. The number of hydrogen-bond acceptors (Lipinski definition) is 5. The zero-order valence-corrected chi connectivity index (χ0v) is 16.7. The van der Waals surface area contributed by atoms with Crippen molar-refractivity contribution in [3.8, 4) is 16.9 Å². The van der Waals surface area contributed by atoms with E-state index in [1.54, 1.807) is 19.5 Å². The fourth-order valence-corrected chi connectivity index (χ4v) is 3.85. The summed E-state index contributed by atoms with van der Waals surface area (Å²) >= 11 is 0. The Kier molecular flexibility index (Phi) is 5.51. The quantitative estimate of drug-likeness (QED) is 0.679. The van der Waals surface area contributed by atoms with Crippen molar-refractivity contribution in [2.75, 3.05) is 20.2 Å². The SMILES string of the molecule is COc1ccc(C(=O)N2CCCC(c3nc(C)ncc3-c3ccncc3)C2)cc1. The number of aryl methyl sites for hydroxylation is 1. The number of piperidine rings is 1. The van der Waals surface area contributed by atoms with Crippen LogP contribution in [0.2, 0.25) is 0 Å². The summed E-state index contributed by atoms with van der Waals surface area (Å²) in [4.78, 5) is 28.3. The van der Waals surface area contributed by atoms with Crippen LogP contribution in [-0.2, 0) is 0 Å². The number of pyridine rings is 1. The molecule has 4 rings (SSSR count). The molecule has 1 aromatic carbocycles. The van der Waals surface area contributed by atoms with Crippen LogP contribution in [0.25, 0.3) is 11.1 Å². The molecule has 0 saturated carbocycles. The van der Waals surface area contributed by atoms with Crippen LogP contribution < -0.4 is 4.74 Å². The third-order valence-electron chi connectivity index (χ3n) is 5.36. The predicted octanol–water partition coefficient (Wildman–Crippen LogP) is 3.88. The van der Waals surface area contributed by atoms with Crippen LogP contribution in [0.3, 0.4) is 0 Å². The van der Waals surface area contributed by atoms with Crippen LogP contribution in [-0.4, -0.2) is 46.0 Å². The number of likely N-dealkylation sites (tertiary alicyclic amines) is 1. The van der Waals surface area contributed by atoms with Crippen LogP contribution in [0.5, 0.6) is 5.75 Å². The first-order chi connectivity index (χ1) is 14.2. The molecule has 1 aliphatic rings. The van der Waals surface area contributed by atoms with Gasteiger partial charge in [0.2, 0.25) is 0 Å². The van der Waals surface area contributed by atoms with Crippen LogP contribution in [0.15, 0.2) is 55.0 Å². The van der Waals surface area contributed by atoms with Gasteiger partial charge in [0.05, 0.1) is 12.8 Å². The van der Waals surface area contributed by atoms with E-state index in [4.69, 9.17) is 9.72 Å². The molecule has 29 heavy (non-hydrogen) atoms. The van der Waals surface area contributed by atoms with E-state index in [0.717, 1.165) is 47.8 Å². The Morgan fingerprint density at radius 3 is 2.62 bits per heavy atom. The van der Waals surface area contributed by atoms with Gasteiger partial charge in [0.1, 0.15) is 11.6 Å². The molecule has 3 aromatic rings. The van der Waals surface area contributed by atoms with E-state index in [2.05, 4.69) is 9.97 Å². The molecule has 1 unspecified atom stereocenters. The van der Waals surface area contributed by atoms with Gasteiger partial charge in [0.25, 0.3) is 5.91 Å². The first-order valence-electron chi connectivity index (χ1n) is 9.83. The number of aromatic nitrogens is 3. The van der Waals surface area contributed by atoms with Crippen molar-refractivity contribution in [1.29, 1.82) is 0 Å². The zero-order chi connectivity index (χ0) is 20.2. The van der Waals surface area contributed by atoms with Gasteiger partial charge in [-0.25, -0.2) is 9.97 Å². The summed E-state index contributed by atoms with van der Waals surface area (Å²) in [6.07, 6.45) is 7.39. The summed E-state index contributed by atoms with van der Waals surface area (Å²) in [5.41, 5.74) is 3.76. The number of hydrogen-bond donors (Lipinski definition) is 0. The molecule has 0 bridgehead atoms. The molecule has 6 nitrogen and oxygen atoms in total. The Hall–Kier alpha value is -3.28. The van der Waals surface area contributed by atoms with E-state index in [-0.39, 0.29) is 11.8 Å². The number of benzene rings is 1. The van der Waals surface area contributed by atoms with Crippen molar-refractivity contribution >= 4 is 5.91 Å². The summed E-state index contributed by atoms with van der Waals surface area (Å²) in [5.74, 6) is 1.72. The molecule has 0 aliphatic carbocycles. The molecule has 1 atom stereocenters. The minimum atomic E-state index is 0.0496. The molecule has 6 heteroatoms. The molecule has 0 spiro atoms. The molecule has 1 amide bonds. The van der Waals surface area contributed by atoms with Crippen molar-refractivity contribution in [2.24, 2.45) is 0 Å². The average molecular weight is 388 g/mol. The number of carbonyl (C=O) groups excluding carboxylic acids is 1. The minimum Gasteiger partial charge on any atom is -0.497 e. The second kappa shape index (κ2) is 8.39. The van der Waals surface area contributed by atoms with Crippen LogP contribution in [0.4, 0.5) is 0 Å². The molecule has 3 heterocycles. The van der Waals surface area contributed by atoms with Crippen LogP contribution in [0.1, 0.15) is 40.6 Å². The second-order valence-corrected chi connectivity index (χ2v) is 7.27. The third-order valence-corrected chi connectivity index (χ3v) is 5.36. The highest BCUT2D eigenvalue weighted by Gasteiger charge is 2.28. The fourth-order valence-electron chi connectivity index (χ4n) is 3.85. The molecule has 1 aliphatic heterocycles. The number of methoxy groups -OCH3 is 1. The van der Waals surface area contributed by atoms with Gasteiger partial charge in [-0.05, 0) is 61.7 Å². The lowest BCUT2D eigenvalue weighted by Gasteiger charge is -2.33. The molecular formula is C23H24N4O2. The molecule has 1 saturated heterocycles. The van der Waals surface area contributed by atoms with Gasteiger partial charge in [0.15, 0.2) is 0 Å². The standard InChI is InChI=1S/C23H24N4O2/c1-16-25-14-21(17-9-11-24-12-10-17)22(26-16)19-4-3-13-27(15-19)23(28)18-5-7-20(29-2)8-6-18/h5-12,14,19H,3-4,13,15H2,1-2H3. The Morgan fingerprint density at radius 1 is 1.14 bits per heavy atom. The zero-order valence-electron chi connectivity index (χ0n) is 16.7. The number of nitrogens with zero attached hydrogens (tertiary/aromatic N) is 4. The van der Waals surface area contributed by atoms with Gasteiger partial charge in [-0.1, -0.05) is 0 Å². The number of carbonyl (C=O) groups is 1. The van der Waals surface area contributed by atoms with Crippen LogP contribution in [0, 0.1) is 6.92 Å². The minimum absolute atomic E-state index is 0.0496. The maximum atomic E-state index is 13.0. The highest BCUT2D eigenvalue weighted by Crippen LogP contribution is 2.33. The van der Waals surface area contributed by atoms with E-state index in [1.807, 2.05) is 54.4 Å². The average Bonchev–Trinajstić information content (AvgIpc) is 2.79. The summed E-state index contributed by atoms with van der Waals surface area (Å²) in [7, 11) is 1.62. The van der Waals surface area contributed by atoms with Gasteiger partial charge < -0.3 is 9.64 Å². The predicted molar refractivity (Wildman–Crippen MR) is 111 cm³/mol. The molecular weight excluding hydrogens is 364 g/mol. The Balaban J connectivity index is 1.60. The lowest BCUT2D eigenvalue weighted by Crippen LogP contribution is -2.39. The summed E-state index contributed by atoms with van der Waals surface area (Å²) in [6.45, 7) is 3.32. The smallest absolute Gasteiger partial charge is 0.253 e. The Labute approximate surface area is 170 Å². The molecule has 0 N–H and O–H groups in total. The topological polar surface area (TPSA) is 68.2 Å². The van der Waals surface area contributed by atoms with Crippen molar-refractivity contribution in [2.45, 2.75) is 25.7 Å². The molecule has 1 fully saturated rings. The normalized spacial score (nSPS) is 16.5. The fraction of sp³-hybridized carbons (Fsp3) is 0.304. The summed E-state index contributed by atoms with van der Waals surface area (Å²) in [6, 6.07) is 11.2. The van der Waals surface area contributed by atoms with E-state index < -0.39 is 0 Å². The molecule has 148 valence electrons. The van der Waals surface area contributed by atoms with Crippen molar-refractivity contribution in [1.82, 2.24) is 19.9 Å². The Morgan fingerprint density at radius 2 is 1.90 bits per heavy atom. The van der Waals surface area contributed by atoms with E-state index in [1.165, 1.54) is 0 Å². The summed E-state index contributed by atoms with van der Waals surface area (Å²) in [5, 5.41) is 0.